The fourth-order valence-electron chi connectivity index (χ4n) is 8.73. The molecule has 4 nitrogen and oxygen atoms in total. The average molecular weight is 748 g/mol. The first-order valence-electron chi connectivity index (χ1n) is 20.3. The van der Waals surface area contributed by atoms with Crippen LogP contribution in [-0.4, -0.2) is 9.13 Å². The first kappa shape index (κ1) is 36.8. The highest BCUT2D eigenvalue weighted by molar-refractivity contribution is 6.17. The van der Waals surface area contributed by atoms with E-state index in [0.29, 0.717) is 11.3 Å². The van der Waals surface area contributed by atoms with E-state index in [9.17, 15) is 0 Å². The number of aromatic nitrogens is 2. The molecule has 286 valence electrons. The Kier molecular flexibility index (Phi) is 7.82. The fraction of sp³-hybridized carbons (Fsp3) is 0.302. The summed E-state index contributed by atoms with van der Waals surface area (Å²) in [5.41, 5.74) is 13.0. The maximum atomic E-state index is 8.97. The lowest BCUT2D eigenvalue weighted by molar-refractivity contribution is 0.590. The molecule has 3 aromatic heterocycles. The molecule has 0 fully saturated rings. The molecule has 4 heteroatoms. The smallest absolute Gasteiger partial charge is 0.254 e. The highest BCUT2D eigenvalue weighted by Crippen LogP contribution is 2.48. The molecule has 0 aliphatic carbocycles. The van der Waals surface area contributed by atoms with Crippen molar-refractivity contribution in [1.29, 1.82) is 0 Å². The third-order valence-electron chi connectivity index (χ3n) is 12.2. The van der Waals surface area contributed by atoms with E-state index in [-0.39, 0.29) is 21.7 Å². The second-order valence-corrected chi connectivity index (χ2v) is 20.3. The zero-order valence-corrected chi connectivity index (χ0v) is 35.6. The standard InChI is InChI=1S/C53H53N3O/c1-50(2,3)31-18-22-41-36(26-31)37-27-32(51(4,5)6)19-23-42(37)55(41)45-30-40-35-16-14-15-17-46(35)57-49(40)47(54-13)48(45)56-43-24-20-33(52(7,8)9)28-38(43)39-29-34(53(10,11)12)21-25-44(39)56/h14-30H,1-12H3. The van der Waals surface area contributed by atoms with Crippen LogP contribution in [0.3, 0.4) is 0 Å². The predicted octanol–water partition coefficient (Wildman–Crippen LogP) is 15.5. The summed E-state index contributed by atoms with van der Waals surface area (Å²) in [5, 5.41) is 6.73. The minimum atomic E-state index is -0.0366. The Morgan fingerprint density at radius 1 is 0.439 bits per heavy atom. The molecule has 0 bridgehead atoms. The van der Waals surface area contributed by atoms with Crippen LogP contribution in [0.5, 0.6) is 0 Å². The minimum Gasteiger partial charge on any atom is -0.467 e. The number of hydrogen-bond acceptors (Lipinski definition) is 1. The number of rotatable bonds is 2. The molecule has 0 atom stereocenters. The first-order valence-corrected chi connectivity index (χ1v) is 20.3. The summed E-state index contributed by atoms with van der Waals surface area (Å²) in [6, 6.07) is 38.2. The highest BCUT2D eigenvalue weighted by Gasteiger charge is 2.29. The van der Waals surface area contributed by atoms with E-state index in [4.69, 9.17) is 11.0 Å². The van der Waals surface area contributed by atoms with E-state index in [1.807, 2.05) is 12.1 Å². The third kappa shape index (κ3) is 5.69. The van der Waals surface area contributed by atoms with Crippen LogP contribution in [0.1, 0.15) is 105 Å². The topological polar surface area (TPSA) is 27.4 Å². The number of benzene rings is 6. The largest absolute Gasteiger partial charge is 0.467 e. The number of furan rings is 1. The van der Waals surface area contributed by atoms with Gasteiger partial charge in [0.05, 0.1) is 40.0 Å². The Morgan fingerprint density at radius 2 is 0.825 bits per heavy atom. The molecule has 3 heterocycles. The second-order valence-electron chi connectivity index (χ2n) is 20.3. The summed E-state index contributed by atoms with van der Waals surface area (Å²) < 4.78 is 11.4. The summed E-state index contributed by atoms with van der Waals surface area (Å²) in [4.78, 5) is 4.42. The van der Waals surface area contributed by atoms with Gasteiger partial charge in [0.15, 0.2) is 0 Å². The number of nitrogens with zero attached hydrogens (tertiary/aromatic N) is 3. The van der Waals surface area contributed by atoms with Gasteiger partial charge < -0.3 is 13.6 Å². The number of para-hydroxylation sites is 1. The van der Waals surface area contributed by atoms with Crippen LogP contribution >= 0.6 is 0 Å². The second kappa shape index (κ2) is 12.1. The molecule has 0 unspecified atom stereocenters. The summed E-state index contributed by atoms with van der Waals surface area (Å²) >= 11 is 0. The maximum absolute atomic E-state index is 8.97. The van der Waals surface area contributed by atoms with E-state index in [1.54, 1.807) is 0 Å². The van der Waals surface area contributed by atoms with Gasteiger partial charge in [0.25, 0.3) is 5.69 Å². The molecule has 9 rings (SSSR count). The maximum Gasteiger partial charge on any atom is 0.254 e. The molecule has 0 aliphatic heterocycles. The molecule has 0 saturated carbocycles. The van der Waals surface area contributed by atoms with Gasteiger partial charge in [0.1, 0.15) is 11.2 Å². The summed E-state index contributed by atoms with van der Waals surface area (Å²) in [5.74, 6) is 0. The Morgan fingerprint density at radius 3 is 1.21 bits per heavy atom. The lowest BCUT2D eigenvalue weighted by atomic mass is 9.85. The lowest BCUT2D eigenvalue weighted by Crippen LogP contribution is -2.11. The van der Waals surface area contributed by atoms with Crippen molar-refractivity contribution in [2.45, 2.75) is 105 Å². The molecule has 9 aromatic rings. The van der Waals surface area contributed by atoms with Crippen LogP contribution in [0.4, 0.5) is 5.69 Å². The molecular formula is C53H53N3O. The molecule has 0 saturated heterocycles. The Balaban J connectivity index is 1.52. The molecule has 0 spiro atoms. The van der Waals surface area contributed by atoms with Gasteiger partial charge in [0, 0.05) is 32.3 Å². The van der Waals surface area contributed by atoms with Gasteiger partial charge in [-0.25, -0.2) is 4.85 Å². The molecule has 0 amide bonds. The van der Waals surface area contributed by atoms with Crippen molar-refractivity contribution >= 4 is 71.2 Å². The summed E-state index contributed by atoms with van der Waals surface area (Å²) in [6.07, 6.45) is 0. The number of hydrogen-bond donors (Lipinski definition) is 0. The van der Waals surface area contributed by atoms with Crippen molar-refractivity contribution < 1.29 is 4.42 Å². The van der Waals surface area contributed by atoms with E-state index in [2.05, 4.69) is 188 Å². The molecule has 57 heavy (non-hydrogen) atoms. The summed E-state index contributed by atoms with van der Waals surface area (Å²) in [6.45, 7) is 36.3. The lowest BCUT2D eigenvalue weighted by Gasteiger charge is -2.21. The van der Waals surface area contributed by atoms with Crippen molar-refractivity contribution in [3.63, 3.8) is 0 Å². The molecule has 0 radical (unpaired) electrons. The zero-order valence-electron chi connectivity index (χ0n) is 35.6. The zero-order chi connectivity index (χ0) is 40.6. The SMILES string of the molecule is [C-]#[N+]c1c(-n2c3ccc(C(C)(C)C)cc3c3cc(C(C)(C)C)ccc32)c(-n2c3ccc(C(C)(C)C)cc3c3cc(C(C)(C)C)ccc32)cc2c1oc1ccccc12. The van der Waals surface area contributed by atoms with E-state index in [0.717, 1.165) is 49.8 Å². The van der Waals surface area contributed by atoms with Crippen molar-refractivity contribution in [3.05, 3.63) is 137 Å². The van der Waals surface area contributed by atoms with Gasteiger partial charge in [-0.05, 0) is 105 Å². The minimum absolute atomic E-state index is 0.0257. The van der Waals surface area contributed by atoms with Crippen molar-refractivity contribution in [3.8, 4) is 11.4 Å². The van der Waals surface area contributed by atoms with Gasteiger partial charge >= 0.3 is 0 Å². The van der Waals surface area contributed by atoms with Crippen molar-refractivity contribution in [2.24, 2.45) is 0 Å². The fourth-order valence-corrected chi connectivity index (χ4v) is 8.73. The van der Waals surface area contributed by atoms with Crippen LogP contribution in [0.2, 0.25) is 0 Å². The van der Waals surface area contributed by atoms with Crippen molar-refractivity contribution in [2.75, 3.05) is 0 Å². The van der Waals surface area contributed by atoms with Gasteiger partial charge in [0.2, 0.25) is 0 Å². The van der Waals surface area contributed by atoms with E-state index in [1.165, 1.54) is 43.8 Å². The predicted molar refractivity (Wildman–Crippen MR) is 243 cm³/mol. The van der Waals surface area contributed by atoms with Gasteiger partial charge in [-0.3, -0.25) is 0 Å². The van der Waals surface area contributed by atoms with Crippen LogP contribution < -0.4 is 0 Å². The van der Waals surface area contributed by atoms with Crippen molar-refractivity contribution in [1.82, 2.24) is 9.13 Å². The molecule has 0 aliphatic rings. The molecule has 6 aromatic carbocycles. The van der Waals surface area contributed by atoms with Gasteiger partial charge in [-0.2, -0.15) is 0 Å². The van der Waals surface area contributed by atoms with Gasteiger partial charge in [-0.1, -0.05) is 126 Å². The van der Waals surface area contributed by atoms with E-state index < -0.39 is 0 Å². The normalized spacial score (nSPS) is 13.2. The van der Waals surface area contributed by atoms with Crippen LogP contribution in [0.25, 0.3) is 81.8 Å². The van der Waals surface area contributed by atoms with Crippen LogP contribution in [0.15, 0.2) is 108 Å². The first-order chi connectivity index (χ1) is 26.8. The van der Waals surface area contributed by atoms with E-state index >= 15 is 0 Å². The van der Waals surface area contributed by atoms with Crippen LogP contribution in [0, 0.1) is 6.57 Å². The average Bonchev–Trinajstić information content (AvgIpc) is 3.79. The van der Waals surface area contributed by atoms with Gasteiger partial charge in [-0.15, -0.1) is 0 Å². The third-order valence-corrected chi connectivity index (χ3v) is 12.2. The van der Waals surface area contributed by atoms with Crippen LogP contribution in [-0.2, 0) is 21.7 Å². The Hall–Kier alpha value is -5.79. The Bertz CT molecular complexity index is 3020. The summed E-state index contributed by atoms with van der Waals surface area (Å²) in [7, 11) is 0. The highest BCUT2D eigenvalue weighted by atomic mass is 16.3. The molecule has 0 N–H and O–H groups in total. The number of fused-ring (bicyclic) bond motifs is 9. The monoisotopic (exact) mass is 747 g/mol. The molecular weight excluding hydrogens is 695 g/mol. The quantitative estimate of drug-likeness (QED) is 0.162. The Labute approximate surface area is 336 Å².